The lowest BCUT2D eigenvalue weighted by Gasteiger charge is -2.10. The van der Waals surface area contributed by atoms with Crippen LogP contribution in [-0.4, -0.2) is 15.0 Å². The minimum atomic E-state index is -3.56. The third kappa shape index (κ3) is 1.48. The van der Waals surface area contributed by atoms with Crippen molar-refractivity contribution in [3.8, 4) is 0 Å². The fraction of sp³-hybridized carbons (Fsp3) is 0.571. The van der Waals surface area contributed by atoms with Crippen LogP contribution >= 0.6 is 0 Å². The van der Waals surface area contributed by atoms with Crippen LogP contribution in [-0.2, 0) is 14.3 Å². The molecule has 3 nitrogen and oxygen atoms in total. The van der Waals surface area contributed by atoms with Crippen LogP contribution in [0.3, 0.4) is 0 Å². The molecule has 0 radical (unpaired) electrons. The molecule has 4 saturated carbocycles. The summed E-state index contributed by atoms with van der Waals surface area (Å²) >= 11 is 0. The maximum absolute atomic E-state index is 12.0. The van der Waals surface area contributed by atoms with Gasteiger partial charge in [-0.25, -0.2) is 0 Å². The third-order valence-electron chi connectivity index (χ3n) is 4.91. The lowest BCUT2D eigenvalue weighted by atomic mass is 10.1. The Morgan fingerprint density at radius 2 is 1.83 bits per heavy atom. The first kappa shape index (κ1) is 11.0. The van der Waals surface area contributed by atoms with Crippen molar-refractivity contribution in [3.63, 3.8) is 0 Å². The predicted octanol–water partition coefficient (Wildman–Crippen LogP) is 2.21. The first-order chi connectivity index (χ1) is 8.58. The van der Waals surface area contributed by atoms with Crippen LogP contribution in [0.5, 0.6) is 0 Å². The van der Waals surface area contributed by atoms with Crippen molar-refractivity contribution < 1.29 is 12.6 Å². The molecule has 96 valence electrons. The third-order valence-corrected chi connectivity index (χ3v) is 6.20. The van der Waals surface area contributed by atoms with Gasteiger partial charge in [0.1, 0.15) is 0 Å². The summed E-state index contributed by atoms with van der Waals surface area (Å²) in [6.07, 6.45) is 1.18. The molecule has 2 bridgehead atoms. The van der Waals surface area contributed by atoms with E-state index in [1.165, 1.54) is 6.42 Å². The van der Waals surface area contributed by atoms with Gasteiger partial charge in [-0.2, -0.15) is 8.42 Å². The van der Waals surface area contributed by atoms with Gasteiger partial charge >= 0.3 is 0 Å². The molecule has 5 rings (SSSR count). The predicted molar refractivity (Wildman–Crippen MR) is 66.4 cm³/mol. The van der Waals surface area contributed by atoms with Crippen LogP contribution in [0.4, 0.5) is 0 Å². The van der Waals surface area contributed by atoms with Crippen LogP contribution in [0.25, 0.3) is 0 Å². The van der Waals surface area contributed by atoms with Crippen molar-refractivity contribution in [3.05, 3.63) is 29.8 Å². The number of benzene rings is 1. The average molecular weight is 264 g/mol. The molecule has 18 heavy (non-hydrogen) atoms. The first-order valence-electron chi connectivity index (χ1n) is 6.54. The zero-order valence-corrected chi connectivity index (χ0v) is 11.1. The Labute approximate surface area is 107 Å². The Balaban J connectivity index is 1.44. The second-order valence-corrected chi connectivity index (χ2v) is 7.56. The monoisotopic (exact) mass is 264 g/mol. The van der Waals surface area contributed by atoms with Gasteiger partial charge in [0.2, 0.25) is 0 Å². The van der Waals surface area contributed by atoms with Crippen molar-refractivity contribution in [2.45, 2.75) is 18.2 Å². The van der Waals surface area contributed by atoms with Crippen LogP contribution in [0.1, 0.15) is 12.0 Å². The largest absolute Gasteiger partial charge is 0.296 e. The summed E-state index contributed by atoms with van der Waals surface area (Å²) in [5.41, 5.74) is 1.05. The molecule has 3 unspecified atom stereocenters. The molecule has 0 N–H and O–H groups in total. The zero-order chi connectivity index (χ0) is 12.5. The molecule has 4 fully saturated rings. The van der Waals surface area contributed by atoms with E-state index in [9.17, 15) is 8.42 Å². The molecule has 0 aliphatic heterocycles. The number of hydrogen-bond acceptors (Lipinski definition) is 3. The summed E-state index contributed by atoms with van der Waals surface area (Å²) < 4.78 is 29.2. The topological polar surface area (TPSA) is 43.4 Å². The number of aryl methyl sites for hydroxylation is 1. The minimum Gasteiger partial charge on any atom is -0.266 e. The standard InChI is InChI=1S/C14H16O3S/c1-8-2-4-10(5-3-8)18(15,16)17-7-9-6-11-13-12(9)14(11)13/h2-5,9,11-14H,6-7H2,1H3. The number of fused-ring (bicyclic) bond motifs is 1. The SMILES string of the molecule is Cc1ccc(S(=O)(=O)OCC2CC3C4C2C34)cc1. The molecule has 4 aliphatic rings. The normalized spacial score (nSPS) is 39.5. The Hall–Kier alpha value is -0.870. The highest BCUT2D eigenvalue weighted by Gasteiger charge is 2.79. The minimum absolute atomic E-state index is 0.269. The molecule has 0 amide bonds. The summed E-state index contributed by atoms with van der Waals surface area (Å²) in [5, 5.41) is 0. The fourth-order valence-corrected chi connectivity index (χ4v) is 4.78. The Morgan fingerprint density at radius 3 is 2.39 bits per heavy atom. The molecule has 3 atom stereocenters. The number of hydrogen-bond donors (Lipinski definition) is 0. The fourth-order valence-electron chi connectivity index (χ4n) is 3.82. The van der Waals surface area contributed by atoms with E-state index in [4.69, 9.17) is 4.18 Å². The van der Waals surface area contributed by atoms with Crippen molar-refractivity contribution in [2.24, 2.45) is 29.6 Å². The van der Waals surface area contributed by atoms with Crippen LogP contribution in [0.2, 0.25) is 0 Å². The van der Waals surface area contributed by atoms with Gasteiger partial charge in [-0.1, -0.05) is 17.7 Å². The van der Waals surface area contributed by atoms with E-state index in [0.717, 1.165) is 29.2 Å². The van der Waals surface area contributed by atoms with E-state index in [1.807, 2.05) is 6.92 Å². The van der Waals surface area contributed by atoms with Crippen molar-refractivity contribution in [1.29, 1.82) is 0 Å². The van der Waals surface area contributed by atoms with Gasteiger partial charge in [0.05, 0.1) is 11.5 Å². The molecule has 1 aromatic carbocycles. The Morgan fingerprint density at radius 1 is 1.17 bits per heavy atom. The van der Waals surface area contributed by atoms with Crippen LogP contribution < -0.4 is 0 Å². The molecule has 0 heterocycles. The van der Waals surface area contributed by atoms with E-state index in [2.05, 4.69) is 0 Å². The maximum Gasteiger partial charge on any atom is 0.296 e. The highest BCUT2D eigenvalue weighted by atomic mass is 32.2. The van der Waals surface area contributed by atoms with E-state index < -0.39 is 10.1 Å². The second kappa shape index (κ2) is 3.36. The molecule has 0 saturated heterocycles. The molecular formula is C14H16O3S. The Kier molecular flexibility index (Phi) is 2.06. The van der Waals surface area contributed by atoms with Crippen LogP contribution in [0, 0.1) is 36.5 Å². The van der Waals surface area contributed by atoms with E-state index in [1.54, 1.807) is 24.3 Å². The highest BCUT2D eigenvalue weighted by Crippen LogP contribution is 2.83. The molecule has 0 aromatic heterocycles. The van der Waals surface area contributed by atoms with Gasteiger partial charge in [-0.3, -0.25) is 4.18 Å². The van der Waals surface area contributed by atoms with E-state index >= 15 is 0 Å². The lowest BCUT2D eigenvalue weighted by molar-refractivity contribution is 0.248. The second-order valence-electron chi connectivity index (χ2n) is 5.94. The van der Waals surface area contributed by atoms with Gasteiger partial charge in [0.15, 0.2) is 0 Å². The number of rotatable bonds is 4. The smallest absolute Gasteiger partial charge is 0.266 e. The molecule has 4 aliphatic carbocycles. The highest BCUT2D eigenvalue weighted by molar-refractivity contribution is 7.86. The lowest BCUT2D eigenvalue weighted by Crippen LogP contribution is -2.14. The van der Waals surface area contributed by atoms with Crippen molar-refractivity contribution >= 4 is 10.1 Å². The van der Waals surface area contributed by atoms with Crippen molar-refractivity contribution in [2.75, 3.05) is 6.61 Å². The molecule has 4 heteroatoms. The summed E-state index contributed by atoms with van der Waals surface area (Å²) in [6, 6.07) is 6.83. The zero-order valence-electron chi connectivity index (χ0n) is 10.2. The van der Waals surface area contributed by atoms with Crippen LogP contribution in [0.15, 0.2) is 29.2 Å². The van der Waals surface area contributed by atoms with E-state index in [0.29, 0.717) is 12.5 Å². The molecular weight excluding hydrogens is 248 g/mol. The molecule has 1 aromatic rings. The van der Waals surface area contributed by atoms with Gasteiger partial charge in [-0.05, 0) is 55.1 Å². The van der Waals surface area contributed by atoms with Gasteiger partial charge in [0.25, 0.3) is 10.1 Å². The Bertz CT molecular complexity index is 573. The van der Waals surface area contributed by atoms with Gasteiger partial charge < -0.3 is 0 Å². The summed E-state index contributed by atoms with van der Waals surface area (Å²) in [7, 11) is -3.56. The van der Waals surface area contributed by atoms with Gasteiger partial charge in [0, 0.05) is 0 Å². The van der Waals surface area contributed by atoms with Gasteiger partial charge in [-0.15, -0.1) is 0 Å². The quantitative estimate of drug-likeness (QED) is 0.783. The maximum atomic E-state index is 12.0. The summed E-state index contributed by atoms with van der Waals surface area (Å²) in [4.78, 5) is 0.269. The first-order valence-corrected chi connectivity index (χ1v) is 7.95. The summed E-state index contributed by atoms with van der Waals surface area (Å²) in [5.74, 6) is 4.10. The molecule has 0 spiro atoms. The average Bonchev–Trinajstić information content (AvgIpc) is 3.15. The summed E-state index contributed by atoms with van der Waals surface area (Å²) in [6.45, 7) is 2.32. The van der Waals surface area contributed by atoms with Crippen molar-refractivity contribution in [1.82, 2.24) is 0 Å². The van der Waals surface area contributed by atoms with E-state index in [-0.39, 0.29) is 4.90 Å².